The van der Waals surface area contributed by atoms with Crippen LogP contribution in [0.3, 0.4) is 0 Å². The van der Waals surface area contributed by atoms with Crippen molar-refractivity contribution in [3.63, 3.8) is 0 Å². The second-order valence-electron chi connectivity index (χ2n) is 10.3. The number of hydrogen-bond acceptors (Lipinski definition) is 7. The summed E-state index contributed by atoms with van der Waals surface area (Å²) in [6, 6.07) is 3.36. The van der Waals surface area contributed by atoms with Gasteiger partial charge in [-0.1, -0.05) is 34.1 Å². The Kier molecular flexibility index (Phi) is 8.30. The van der Waals surface area contributed by atoms with E-state index >= 15 is 0 Å². The van der Waals surface area contributed by atoms with E-state index in [2.05, 4.69) is 48.9 Å². The Labute approximate surface area is 240 Å². The summed E-state index contributed by atoms with van der Waals surface area (Å²) in [6.07, 6.45) is 8.65. The third-order valence-corrected chi connectivity index (χ3v) is 8.39. The van der Waals surface area contributed by atoms with Crippen LogP contribution in [0.15, 0.2) is 46.6 Å². The first-order valence-electron chi connectivity index (χ1n) is 12.9. The Bertz CT molecular complexity index is 1700. The molecule has 216 valence electrons. The first-order chi connectivity index (χ1) is 19.3. The third kappa shape index (κ3) is 6.35. The molecule has 41 heavy (non-hydrogen) atoms. The molecular weight excluding hydrogens is 592 g/mol. The summed E-state index contributed by atoms with van der Waals surface area (Å²) in [5, 5.41) is 7.60. The van der Waals surface area contributed by atoms with Crippen LogP contribution in [0.1, 0.15) is 42.4 Å². The molecule has 1 saturated carbocycles. The number of aromatic nitrogens is 6. The maximum Gasteiger partial charge on any atom is 0.291 e. The monoisotopic (exact) mass is 621 g/mol. The highest BCUT2D eigenvalue weighted by Gasteiger charge is 2.34. The van der Waals surface area contributed by atoms with E-state index in [1.54, 1.807) is 16.7 Å². The van der Waals surface area contributed by atoms with Gasteiger partial charge in [-0.2, -0.15) is 13.9 Å². The zero-order valence-electron chi connectivity index (χ0n) is 22.1. The Morgan fingerprint density at radius 3 is 2.49 bits per heavy atom. The molecule has 0 aliphatic heterocycles. The van der Waals surface area contributed by atoms with Gasteiger partial charge in [0.1, 0.15) is 5.56 Å². The molecule has 2 N–H and O–H groups in total. The number of rotatable bonds is 8. The Hall–Kier alpha value is -2.80. The van der Waals surface area contributed by atoms with E-state index in [9.17, 15) is 22.8 Å². The summed E-state index contributed by atoms with van der Waals surface area (Å²) in [6.45, 7) is 2.24. The first-order valence-corrected chi connectivity index (χ1v) is 14.7. The standard InChI is InChI=1S/C26H29F3N7O2P3/c1-13-7-17-19(8-16(13)22-30-9-15(10-31-22)26(29,40)41)32-12-36(24(17)38)6-5-14-3-2-4-18(14)34-20-11-33-35-23(37)21(20)25(27,28)39/h7-12,14,18H,2-6,39-41H2,1H3,(H2,34,35,37)/t14-,18+/m1/s1. The molecule has 0 saturated heterocycles. The molecule has 1 aliphatic carbocycles. The van der Waals surface area contributed by atoms with Crippen molar-refractivity contribution in [2.45, 2.75) is 56.0 Å². The van der Waals surface area contributed by atoms with Gasteiger partial charge in [-0.3, -0.25) is 14.2 Å². The number of hydrogen-bond donors (Lipinski definition) is 2. The van der Waals surface area contributed by atoms with Crippen LogP contribution >= 0.6 is 27.7 Å². The Morgan fingerprint density at radius 2 is 1.80 bits per heavy atom. The third-order valence-electron chi connectivity index (χ3n) is 7.44. The fourth-order valence-corrected chi connectivity index (χ4v) is 5.88. The summed E-state index contributed by atoms with van der Waals surface area (Å²) >= 11 is 0. The number of halogens is 3. The van der Waals surface area contributed by atoms with E-state index < -0.39 is 21.9 Å². The number of alkyl halides is 3. The molecule has 1 aromatic carbocycles. The number of H-pyrrole nitrogens is 1. The van der Waals surface area contributed by atoms with Gasteiger partial charge >= 0.3 is 0 Å². The summed E-state index contributed by atoms with van der Waals surface area (Å²) in [5.74, 6) is 0.495. The van der Waals surface area contributed by atoms with E-state index in [1.165, 1.54) is 34.2 Å². The van der Waals surface area contributed by atoms with Gasteiger partial charge in [0.15, 0.2) is 11.0 Å². The molecule has 0 amide bonds. The summed E-state index contributed by atoms with van der Waals surface area (Å²) in [5.41, 5.74) is -2.95. The van der Waals surface area contributed by atoms with Crippen LogP contribution in [0.25, 0.3) is 22.3 Å². The molecule has 3 aromatic heterocycles. The molecule has 0 radical (unpaired) electrons. The molecule has 1 aliphatic rings. The van der Waals surface area contributed by atoms with Gasteiger partial charge in [0, 0.05) is 36.1 Å². The van der Waals surface area contributed by atoms with Crippen molar-refractivity contribution in [3.05, 3.63) is 74.4 Å². The lowest BCUT2D eigenvalue weighted by Crippen LogP contribution is -2.30. The molecular formula is C26H29F3N7O2P3. The Balaban J connectivity index is 1.34. The predicted molar refractivity (Wildman–Crippen MR) is 162 cm³/mol. The highest BCUT2D eigenvalue weighted by molar-refractivity contribution is 7.38. The maximum absolute atomic E-state index is 14.1. The van der Waals surface area contributed by atoms with Gasteiger partial charge < -0.3 is 5.32 Å². The summed E-state index contributed by atoms with van der Waals surface area (Å²) in [7, 11) is 5.55. The van der Waals surface area contributed by atoms with Crippen LogP contribution in [0.2, 0.25) is 0 Å². The number of fused-ring (bicyclic) bond motifs is 1. The van der Waals surface area contributed by atoms with Crippen LogP contribution in [0.5, 0.6) is 0 Å². The quantitative estimate of drug-likeness (QED) is 0.275. The SMILES string of the molecule is Cc1cc2c(=O)n(CC[C@H]3CCC[C@@H]3Nc3cn[nH]c(=O)c3C(F)(F)P)cnc2cc1-c1ncc(C(F)(P)P)cn1. The molecule has 3 heterocycles. The minimum Gasteiger partial charge on any atom is -0.380 e. The van der Waals surface area contributed by atoms with Crippen LogP contribution in [-0.2, 0) is 17.4 Å². The number of aryl methyl sites for hydroxylation is 2. The molecule has 0 spiro atoms. The molecule has 9 nitrogen and oxygen atoms in total. The van der Waals surface area contributed by atoms with Gasteiger partial charge in [-0.05, 0) is 49.8 Å². The molecule has 5 atom stereocenters. The average Bonchev–Trinajstić information content (AvgIpc) is 3.34. The predicted octanol–water partition coefficient (Wildman–Crippen LogP) is 4.67. The van der Waals surface area contributed by atoms with Gasteiger partial charge in [-0.15, -0.1) is 0 Å². The fraction of sp³-hybridized carbons (Fsp3) is 0.385. The van der Waals surface area contributed by atoms with Gasteiger partial charge in [0.25, 0.3) is 16.8 Å². The van der Waals surface area contributed by atoms with Crippen LogP contribution in [-0.4, -0.2) is 35.8 Å². The van der Waals surface area contributed by atoms with E-state index in [-0.39, 0.29) is 23.2 Å². The minimum atomic E-state index is -3.41. The lowest BCUT2D eigenvalue weighted by molar-refractivity contribution is 0.103. The molecule has 3 unspecified atom stereocenters. The van der Waals surface area contributed by atoms with E-state index in [1.807, 2.05) is 6.92 Å². The topological polar surface area (TPSA) is 118 Å². The average molecular weight is 621 g/mol. The highest BCUT2D eigenvalue weighted by Crippen LogP contribution is 2.40. The second kappa shape index (κ2) is 11.5. The van der Waals surface area contributed by atoms with Crippen LogP contribution < -0.4 is 16.4 Å². The van der Waals surface area contributed by atoms with Crippen molar-refractivity contribution in [2.24, 2.45) is 5.92 Å². The number of aromatic amines is 1. The van der Waals surface area contributed by atoms with Crippen molar-refractivity contribution >= 4 is 44.3 Å². The number of benzene rings is 1. The van der Waals surface area contributed by atoms with Crippen molar-refractivity contribution in [2.75, 3.05) is 5.32 Å². The van der Waals surface area contributed by atoms with Crippen molar-refractivity contribution in [1.29, 1.82) is 0 Å². The zero-order valence-corrected chi connectivity index (χ0v) is 25.5. The van der Waals surface area contributed by atoms with Crippen molar-refractivity contribution in [1.82, 2.24) is 29.7 Å². The van der Waals surface area contributed by atoms with Gasteiger partial charge in [0.05, 0.1) is 29.1 Å². The largest absolute Gasteiger partial charge is 0.380 e. The first kappa shape index (κ1) is 29.7. The van der Waals surface area contributed by atoms with Gasteiger partial charge in [-0.25, -0.2) is 24.4 Å². The maximum atomic E-state index is 14.1. The molecule has 0 bridgehead atoms. The summed E-state index contributed by atoms with van der Waals surface area (Å²) in [4.78, 5) is 38.5. The molecule has 15 heteroatoms. The zero-order chi connectivity index (χ0) is 29.5. The Morgan fingerprint density at radius 1 is 1.07 bits per heavy atom. The van der Waals surface area contributed by atoms with E-state index in [0.29, 0.717) is 40.8 Å². The molecule has 1 fully saturated rings. The van der Waals surface area contributed by atoms with E-state index in [4.69, 9.17) is 0 Å². The minimum absolute atomic E-state index is 0.00581. The lowest BCUT2D eigenvalue weighted by atomic mass is 9.99. The highest BCUT2D eigenvalue weighted by atomic mass is 31.1. The van der Waals surface area contributed by atoms with Crippen molar-refractivity contribution in [3.8, 4) is 11.4 Å². The summed E-state index contributed by atoms with van der Waals surface area (Å²) < 4.78 is 43.9. The number of nitrogens with zero attached hydrogens (tertiary/aromatic N) is 5. The number of anilines is 1. The normalized spacial score (nSPS) is 17.7. The van der Waals surface area contributed by atoms with Crippen LogP contribution in [0, 0.1) is 12.8 Å². The van der Waals surface area contributed by atoms with Gasteiger partial charge in [0.2, 0.25) is 0 Å². The smallest absolute Gasteiger partial charge is 0.291 e. The molecule has 5 rings (SSSR count). The lowest BCUT2D eigenvalue weighted by Gasteiger charge is -2.24. The van der Waals surface area contributed by atoms with Crippen LogP contribution in [0.4, 0.5) is 18.9 Å². The van der Waals surface area contributed by atoms with E-state index in [0.717, 1.165) is 24.8 Å². The second-order valence-corrected chi connectivity index (χ2v) is 13.4. The van der Waals surface area contributed by atoms with Crippen molar-refractivity contribution < 1.29 is 13.2 Å². The molecule has 4 aromatic rings. The number of nitrogens with one attached hydrogen (secondary N) is 2. The fourth-order valence-electron chi connectivity index (χ4n) is 5.29.